The van der Waals surface area contributed by atoms with E-state index in [1.54, 1.807) is 12.1 Å². The quantitative estimate of drug-likeness (QED) is 0.476. The van der Waals surface area contributed by atoms with Gasteiger partial charge in [0, 0.05) is 40.7 Å². The zero-order valence-electron chi connectivity index (χ0n) is 15.6. The molecular weight excluding hydrogens is 399 g/mol. The van der Waals surface area contributed by atoms with E-state index in [4.69, 9.17) is 27.9 Å². The summed E-state index contributed by atoms with van der Waals surface area (Å²) < 4.78 is 5.80. The maximum atomic E-state index is 11.8. The predicted molar refractivity (Wildman–Crippen MR) is 112 cm³/mol. The Kier molecular flexibility index (Phi) is 6.50. The lowest BCUT2D eigenvalue weighted by Gasteiger charge is -2.19. The number of hydrogen-bond acceptors (Lipinski definition) is 3. The number of carbonyl (C=O) groups is 1. The maximum absolute atomic E-state index is 11.8. The first-order valence-corrected chi connectivity index (χ1v) is 9.76. The van der Waals surface area contributed by atoms with E-state index >= 15 is 0 Å². The summed E-state index contributed by atoms with van der Waals surface area (Å²) in [5, 5.41) is 14.7. The molecule has 0 radical (unpaired) electrons. The van der Waals surface area contributed by atoms with Crippen LogP contribution in [0.5, 0.6) is 5.75 Å². The van der Waals surface area contributed by atoms with Gasteiger partial charge < -0.3 is 14.8 Å². The molecule has 1 atom stereocenters. The van der Waals surface area contributed by atoms with Crippen molar-refractivity contribution in [1.82, 2.24) is 10.3 Å². The third kappa shape index (κ3) is 4.79. The summed E-state index contributed by atoms with van der Waals surface area (Å²) in [6, 6.07) is 10.4. The number of hydrogen-bond donors (Lipinski definition) is 3. The number of nitrogens with one attached hydrogen (secondary N) is 2. The number of ether oxygens (including phenoxy) is 1. The molecule has 5 nitrogen and oxygen atoms in total. The Bertz CT molecular complexity index is 985. The molecule has 2 aromatic carbocycles. The third-order valence-electron chi connectivity index (χ3n) is 4.37. The lowest BCUT2D eigenvalue weighted by atomic mass is 10.0. The second-order valence-corrected chi connectivity index (χ2v) is 7.72. The van der Waals surface area contributed by atoms with Crippen LogP contribution in [0.15, 0.2) is 42.6 Å². The van der Waals surface area contributed by atoms with Gasteiger partial charge in [0.1, 0.15) is 11.8 Å². The highest BCUT2D eigenvalue weighted by atomic mass is 35.5. The van der Waals surface area contributed by atoms with Gasteiger partial charge in [-0.15, -0.1) is 0 Å². The topological polar surface area (TPSA) is 74.3 Å². The van der Waals surface area contributed by atoms with Crippen LogP contribution in [0, 0.1) is 0 Å². The van der Waals surface area contributed by atoms with Gasteiger partial charge in [0.05, 0.1) is 11.1 Å². The number of carboxylic acid groups (broad SMARTS) is 1. The van der Waals surface area contributed by atoms with Crippen molar-refractivity contribution in [2.45, 2.75) is 39.0 Å². The monoisotopic (exact) mass is 420 g/mol. The second kappa shape index (κ2) is 8.86. The van der Waals surface area contributed by atoms with Crippen LogP contribution in [0.25, 0.3) is 10.9 Å². The Labute approximate surface area is 173 Å². The highest BCUT2D eigenvalue weighted by Gasteiger charge is 2.21. The van der Waals surface area contributed by atoms with Crippen LogP contribution in [0.3, 0.4) is 0 Å². The first-order chi connectivity index (χ1) is 13.3. The molecule has 0 saturated carbocycles. The molecule has 3 rings (SSSR count). The SMILES string of the molecule is CC(C)Oc1c(Cl)cc(Cl)cc1CN[C@@H](Cc1c[nH]c2ccccc12)C(=O)O. The molecule has 0 saturated heterocycles. The molecule has 1 heterocycles. The van der Waals surface area contributed by atoms with Crippen molar-refractivity contribution < 1.29 is 14.6 Å². The standard InChI is InChI=1S/C21H22Cl2N2O3/c1-12(2)28-20-14(7-15(22)9-17(20)23)11-25-19(21(26)27)8-13-10-24-18-6-4-3-5-16(13)18/h3-7,9-10,12,19,24-25H,8,11H2,1-2H3,(H,26,27)/t19-/m0/s1. The number of para-hydroxylation sites is 1. The molecule has 0 aliphatic carbocycles. The fourth-order valence-corrected chi connectivity index (χ4v) is 3.69. The highest BCUT2D eigenvalue weighted by molar-refractivity contribution is 6.35. The lowest BCUT2D eigenvalue weighted by molar-refractivity contribution is -0.139. The highest BCUT2D eigenvalue weighted by Crippen LogP contribution is 2.33. The molecular formula is C21H22Cl2N2O3. The molecule has 0 unspecified atom stereocenters. The zero-order chi connectivity index (χ0) is 20.3. The van der Waals surface area contributed by atoms with Gasteiger partial charge in [-0.25, -0.2) is 0 Å². The Hall–Kier alpha value is -2.21. The molecule has 0 spiro atoms. The number of aromatic amines is 1. The van der Waals surface area contributed by atoms with E-state index in [0.29, 0.717) is 22.2 Å². The minimum absolute atomic E-state index is 0.0704. The largest absolute Gasteiger partial charge is 0.489 e. The average molecular weight is 421 g/mol. The van der Waals surface area contributed by atoms with E-state index < -0.39 is 12.0 Å². The Morgan fingerprint density at radius 3 is 2.68 bits per heavy atom. The number of aromatic nitrogens is 1. The van der Waals surface area contributed by atoms with Crippen molar-refractivity contribution in [3.63, 3.8) is 0 Å². The summed E-state index contributed by atoms with van der Waals surface area (Å²) in [6.45, 7) is 4.07. The normalized spacial score (nSPS) is 12.5. The molecule has 3 aromatic rings. The number of fused-ring (bicyclic) bond motifs is 1. The molecule has 0 amide bonds. The van der Waals surface area contributed by atoms with Gasteiger partial charge in [0.15, 0.2) is 0 Å². The van der Waals surface area contributed by atoms with E-state index in [1.165, 1.54) is 0 Å². The van der Waals surface area contributed by atoms with E-state index in [-0.39, 0.29) is 12.6 Å². The molecule has 28 heavy (non-hydrogen) atoms. The van der Waals surface area contributed by atoms with Gasteiger partial charge >= 0.3 is 5.97 Å². The molecule has 3 N–H and O–H groups in total. The predicted octanol–water partition coefficient (Wildman–Crippen LogP) is 5.05. The van der Waals surface area contributed by atoms with Gasteiger partial charge in [0.2, 0.25) is 0 Å². The minimum atomic E-state index is -0.926. The van der Waals surface area contributed by atoms with Crippen LogP contribution in [0.4, 0.5) is 0 Å². The summed E-state index contributed by atoms with van der Waals surface area (Å²) >= 11 is 12.4. The van der Waals surface area contributed by atoms with Crippen molar-refractivity contribution in [3.05, 3.63) is 63.8 Å². The fraction of sp³-hybridized carbons (Fsp3) is 0.286. The number of halogens is 2. The van der Waals surface area contributed by atoms with Crippen molar-refractivity contribution in [3.8, 4) is 5.75 Å². The lowest BCUT2D eigenvalue weighted by Crippen LogP contribution is -2.38. The van der Waals surface area contributed by atoms with Crippen molar-refractivity contribution in [2.24, 2.45) is 0 Å². The summed E-state index contributed by atoms with van der Waals surface area (Å²) in [6.07, 6.45) is 2.12. The van der Waals surface area contributed by atoms with E-state index in [1.807, 2.05) is 44.3 Å². The minimum Gasteiger partial charge on any atom is -0.489 e. The van der Waals surface area contributed by atoms with Crippen molar-refractivity contribution in [2.75, 3.05) is 0 Å². The van der Waals surface area contributed by atoms with E-state index in [2.05, 4.69) is 10.3 Å². The van der Waals surface area contributed by atoms with E-state index in [9.17, 15) is 9.90 Å². The van der Waals surface area contributed by atoms with Crippen molar-refractivity contribution in [1.29, 1.82) is 0 Å². The van der Waals surface area contributed by atoms with Gasteiger partial charge in [-0.1, -0.05) is 41.4 Å². The fourth-order valence-electron chi connectivity index (χ4n) is 3.11. The number of rotatable bonds is 8. The van der Waals surface area contributed by atoms with Crippen LogP contribution < -0.4 is 10.1 Å². The van der Waals surface area contributed by atoms with E-state index in [0.717, 1.165) is 22.0 Å². The van der Waals surface area contributed by atoms with Crippen LogP contribution in [-0.2, 0) is 17.8 Å². The number of aliphatic carboxylic acids is 1. The summed E-state index contributed by atoms with van der Waals surface area (Å²) in [5.74, 6) is -0.408. The summed E-state index contributed by atoms with van der Waals surface area (Å²) in [4.78, 5) is 15.0. The van der Waals surface area contributed by atoms with Crippen LogP contribution in [0.2, 0.25) is 10.0 Å². The molecule has 7 heteroatoms. The van der Waals surface area contributed by atoms with Crippen molar-refractivity contribution >= 4 is 40.1 Å². The molecule has 0 fully saturated rings. The number of carboxylic acids is 1. The number of H-pyrrole nitrogens is 1. The molecule has 0 aliphatic heterocycles. The maximum Gasteiger partial charge on any atom is 0.321 e. The molecule has 1 aromatic heterocycles. The van der Waals surface area contributed by atoms with Crippen LogP contribution in [-0.4, -0.2) is 28.2 Å². The molecule has 0 aliphatic rings. The Balaban J connectivity index is 1.80. The number of benzene rings is 2. The molecule has 0 bridgehead atoms. The summed E-state index contributed by atoms with van der Waals surface area (Å²) in [7, 11) is 0. The Morgan fingerprint density at radius 1 is 1.21 bits per heavy atom. The smallest absolute Gasteiger partial charge is 0.321 e. The zero-order valence-corrected chi connectivity index (χ0v) is 17.1. The average Bonchev–Trinajstić information content (AvgIpc) is 3.03. The van der Waals surface area contributed by atoms with Gasteiger partial charge in [-0.2, -0.15) is 0 Å². The first-order valence-electron chi connectivity index (χ1n) is 9.01. The Morgan fingerprint density at radius 2 is 1.96 bits per heavy atom. The third-order valence-corrected chi connectivity index (χ3v) is 4.87. The van der Waals surface area contributed by atoms with Crippen LogP contribution in [0.1, 0.15) is 25.0 Å². The second-order valence-electron chi connectivity index (χ2n) is 6.88. The van der Waals surface area contributed by atoms with Gasteiger partial charge in [-0.3, -0.25) is 10.1 Å². The van der Waals surface area contributed by atoms with Crippen LogP contribution >= 0.6 is 23.2 Å². The van der Waals surface area contributed by atoms with Gasteiger partial charge in [-0.05, 0) is 37.6 Å². The summed E-state index contributed by atoms with van der Waals surface area (Å²) in [5.41, 5.74) is 2.64. The van der Waals surface area contributed by atoms with Gasteiger partial charge in [0.25, 0.3) is 0 Å². The molecule has 148 valence electrons. The first kappa shape index (κ1) is 20.5.